The normalized spacial score (nSPS) is 7.30. The molecule has 0 aromatic heterocycles. The molecular weight excluding hydrogens is 373 g/mol. The molecule has 128 valence electrons. The Morgan fingerprint density at radius 2 is 0.435 bits per heavy atom. The van der Waals surface area contributed by atoms with E-state index in [1.54, 1.807) is 0 Å². The fourth-order valence-corrected chi connectivity index (χ4v) is 0. The second-order valence-corrected chi connectivity index (χ2v) is 3.03. The van der Waals surface area contributed by atoms with Crippen molar-refractivity contribution in [1.29, 1.82) is 0 Å². The van der Waals surface area contributed by atoms with Crippen molar-refractivity contribution in [1.82, 2.24) is 0 Å². The molecule has 0 saturated carbocycles. The quantitative estimate of drug-likeness (QED) is 0.171. The van der Waals surface area contributed by atoms with Gasteiger partial charge in [-0.15, -0.1) is 0 Å². The molecule has 16 nitrogen and oxygen atoms in total. The van der Waals surface area contributed by atoms with Crippen LogP contribution < -0.4 is 68.7 Å². The molecule has 0 aromatic carbocycles. The summed E-state index contributed by atoms with van der Waals surface area (Å²) >= 11 is 0. The average molecular weight is 387 g/mol. The van der Waals surface area contributed by atoms with Gasteiger partial charge in [0, 0.05) is 0 Å². The minimum atomic E-state index is -5.11. The van der Waals surface area contributed by atoms with Crippen LogP contribution in [0.1, 0.15) is 0 Å². The molecule has 0 heterocycles. The molecule has 0 rings (SSSR count). The van der Waals surface area contributed by atoms with Crippen molar-refractivity contribution in [2.24, 2.45) is 0 Å². The van der Waals surface area contributed by atoms with Gasteiger partial charge in [-0.1, -0.05) is 0 Å². The van der Waals surface area contributed by atoms with Crippen molar-refractivity contribution in [2.45, 2.75) is 0 Å². The molecular formula is H14B4Na2O16Si. The summed E-state index contributed by atoms with van der Waals surface area (Å²) in [6.45, 7) is 0. The maximum absolute atomic E-state index is 8.80. The summed E-state index contributed by atoms with van der Waals surface area (Å²) < 4.78 is 0. The second kappa shape index (κ2) is 31.6. The Hall–Kier alpha value is 1.84. The van der Waals surface area contributed by atoms with Crippen molar-refractivity contribution < 1.29 is 139 Å². The molecule has 0 saturated heterocycles. The second-order valence-electron chi connectivity index (χ2n) is 1.93. The molecule has 0 spiro atoms. The summed E-state index contributed by atoms with van der Waals surface area (Å²) in [5.41, 5.74) is 0. The Morgan fingerprint density at radius 1 is 0.435 bits per heavy atom. The summed E-state index contributed by atoms with van der Waals surface area (Å²) in [6.07, 6.45) is 0. The van der Waals surface area contributed by atoms with Gasteiger partial charge < -0.3 is 79.5 Å². The molecule has 14 N–H and O–H groups in total. The third kappa shape index (κ3) is 3370. The van der Waals surface area contributed by atoms with Crippen LogP contribution in [0.3, 0.4) is 0 Å². The first-order valence-corrected chi connectivity index (χ1v) is 5.66. The zero-order chi connectivity index (χ0) is 18.8. The molecule has 0 aliphatic heterocycles. The largest absolute Gasteiger partial charge is 1.00 e. The molecule has 23 heteroatoms. The third-order valence-corrected chi connectivity index (χ3v) is 0. The minimum Gasteiger partial charge on any atom is -0.828 e. The maximum atomic E-state index is 8.80. The average Bonchev–Trinajstić information content (AvgIpc) is 1.91. The molecule has 0 atom stereocenters. The van der Waals surface area contributed by atoms with E-state index in [4.69, 9.17) is 79.5 Å². The first-order chi connectivity index (χ1) is 8.93. The van der Waals surface area contributed by atoms with Gasteiger partial charge in [0.15, 0.2) is 0 Å². The minimum absolute atomic E-state index is 0. The van der Waals surface area contributed by atoms with Crippen LogP contribution in [0, 0.1) is 0 Å². The summed E-state index contributed by atoms with van der Waals surface area (Å²) in [5, 5.41) is 86.0. The van der Waals surface area contributed by atoms with Gasteiger partial charge in [0.2, 0.25) is 0 Å². The van der Waals surface area contributed by atoms with E-state index in [-0.39, 0.29) is 59.1 Å². The number of hydrogen-bond donors (Lipinski definition) is 14. The first-order valence-electron chi connectivity index (χ1n) is 3.95. The van der Waals surface area contributed by atoms with Crippen LogP contribution in [0.25, 0.3) is 0 Å². The molecule has 0 radical (unpaired) electrons. The van der Waals surface area contributed by atoms with Crippen LogP contribution in [-0.4, -0.2) is 108 Å². The van der Waals surface area contributed by atoms with Gasteiger partial charge in [-0.3, -0.25) is 0 Å². The molecule has 23 heavy (non-hydrogen) atoms. The van der Waals surface area contributed by atoms with E-state index in [1.165, 1.54) is 0 Å². The maximum Gasteiger partial charge on any atom is 1.00 e. The number of rotatable bonds is 0. The predicted octanol–water partition coefficient (Wildman–Crippen LogP) is -18.1. The van der Waals surface area contributed by atoms with Crippen LogP contribution >= 0.6 is 0 Å². The Bertz CT molecular complexity index is 122. The van der Waals surface area contributed by atoms with Gasteiger partial charge in [0.05, 0.1) is 0 Å². The van der Waals surface area contributed by atoms with Crippen LogP contribution in [0.2, 0.25) is 0 Å². The standard InChI is InChI=1S/4BH3O3.2Na.H2O4Si/c4*2-1(3)4;;;1-5(2,3)4/h4*2-4H;;;1-2H/q;;;;2*+1;-2. The molecule has 0 amide bonds. The zero-order valence-corrected chi connectivity index (χ0v) is 16.9. The van der Waals surface area contributed by atoms with Crippen LogP contribution in [-0.2, 0) is 0 Å². The van der Waals surface area contributed by atoms with E-state index in [1.807, 2.05) is 0 Å². The van der Waals surface area contributed by atoms with E-state index < -0.39 is 38.3 Å². The van der Waals surface area contributed by atoms with E-state index in [9.17, 15) is 0 Å². The zero-order valence-electron chi connectivity index (χ0n) is 11.9. The summed E-state index contributed by atoms with van der Waals surface area (Å²) in [6, 6.07) is 0. The van der Waals surface area contributed by atoms with Crippen LogP contribution in [0.4, 0.5) is 0 Å². The van der Waals surface area contributed by atoms with Crippen molar-refractivity contribution in [3.05, 3.63) is 0 Å². The van der Waals surface area contributed by atoms with Crippen molar-refractivity contribution in [2.75, 3.05) is 0 Å². The van der Waals surface area contributed by atoms with Gasteiger partial charge in [0.1, 0.15) is 9.05 Å². The van der Waals surface area contributed by atoms with E-state index in [2.05, 4.69) is 0 Å². The van der Waals surface area contributed by atoms with Crippen molar-refractivity contribution in [3.8, 4) is 0 Å². The molecule has 0 aliphatic rings. The topological polar surface area (TPSA) is 329 Å². The first kappa shape index (κ1) is 44.4. The smallest absolute Gasteiger partial charge is 0.828 e. The Labute approximate surface area is 176 Å². The van der Waals surface area contributed by atoms with Gasteiger partial charge >= 0.3 is 88.4 Å². The predicted molar refractivity (Wildman–Crippen MR) is 59.8 cm³/mol. The third-order valence-electron chi connectivity index (χ3n) is 0. The molecule has 0 fully saturated rings. The van der Waals surface area contributed by atoms with Gasteiger partial charge in [-0.05, 0) is 0 Å². The summed E-state index contributed by atoms with van der Waals surface area (Å²) in [7, 11) is -13.8. The SMILES string of the molecule is OB(O)O.OB(O)O.OB(O)O.OB(O)O.[Na+].[Na+].[O-][Si]([O-])(O)O. The molecule has 0 bridgehead atoms. The van der Waals surface area contributed by atoms with Gasteiger partial charge in [0.25, 0.3) is 0 Å². The molecule has 0 aromatic rings. The fraction of sp³-hybridized carbons (Fsp3) is 0. The Balaban J connectivity index is -0.0000000273. The molecule has 0 aliphatic carbocycles. The van der Waals surface area contributed by atoms with Crippen LogP contribution in [0.15, 0.2) is 0 Å². The van der Waals surface area contributed by atoms with Crippen molar-refractivity contribution in [3.63, 3.8) is 0 Å². The van der Waals surface area contributed by atoms with Gasteiger partial charge in [-0.25, -0.2) is 0 Å². The molecule has 0 unspecified atom stereocenters. The fourth-order valence-electron chi connectivity index (χ4n) is 0. The van der Waals surface area contributed by atoms with Crippen molar-refractivity contribution >= 4 is 38.3 Å². The number of hydrogen-bond acceptors (Lipinski definition) is 16. The monoisotopic (exact) mass is 388 g/mol. The summed E-state index contributed by atoms with van der Waals surface area (Å²) in [5.74, 6) is 0. The van der Waals surface area contributed by atoms with Crippen LogP contribution in [0.5, 0.6) is 0 Å². The summed E-state index contributed by atoms with van der Waals surface area (Å²) in [4.78, 5) is 31.8. The van der Waals surface area contributed by atoms with Gasteiger partial charge in [-0.2, -0.15) is 0 Å². The van der Waals surface area contributed by atoms with E-state index in [0.717, 1.165) is 0 Å². The van der Waals surface area contributed by atoms with E-state index >= 15 is 0 Å². The Morgan fingerprint density at radius 3 is 0.435 bits per heavy atom. The van der Waals surface area contributed by atoms with E-state index in [0.29, 0.717) is 0 Å². The Kier molecular flexibility index (Phi) is 60.9.